The first-order valence-corrected chi connectivity index (χ1v) is 7.74. The molecule has 0 atom stereocenters. The van der Waals surface area contributed by atoms with Crippen LogP contribution in [0.4, 0.5) is 10.1 Å². The molecule has 0 fully saturated rings. The maximum atomic E-state index is 14.6. The molecule has 0 unspecified atom stereocenters. The number of hydrogen-bond donors (Lipinski definition) is 2. The van der Waals surface area contributed by atoms with Crippen LogP contribution in [0.2, 0.25) is 0 Å². The predicted octanol–water partition coefficient (Wildman–Crippen LogP) is 3.54. The molecule has 0 bridgehead atoms. The van der Waals surface area contributed by atoms with Gasteiger partial charge in [0.05, 0.1) is 12.3 Å². The van der Waals surface area contributed by atoms with E-state index in [0.717, 1.165) is 12.1 Å². The minimum Gasteiger partial charge on any atom is -0.494 e. The number of rotatable bonds is 4. The Kier molecular flexibility index (Phi) is 6.17. The lowest BCUT2D eigenvalue weighted by atomic mass is 9.99. The Morgan fingerprint density at radius 3 is 2.96 bits per heavy atom. The fraction of sp³-hybridized carbons (Fsp3) is 0.278. The maximum absolute atomic E-state index is 14.6. The molecule has 2 aromatic carbocycles. The molecular weight excluding hydrogens is 331 g/mol. The summed E-state index contributed by atoms with van der Waals surface area (Å²) >= 11 is 0. The molecule has 2 N–H and O–H groups in total. The van der Waals surface area contributed by atoms with Crippen molar-refractivity contribution in [3.8, 4) is 5.75 Å². The minimum atomic E-state index is -0.348. The smallest absolute Gasteiger partial charge is 0.255 e. The van der Waals surface area contributed by atoms with E-state index < -0.39 is 0 Å². The van der Waals surface area contributed by atoms with E-state index in [2.05, 4.69) is 10.6 Å². The van der Waals surface area contributed by atoms with Crippen LogP contribution < -0.4 is 15.4 Å². The summed E-state index contributed by atoms with van der Waals surface area (Å²) in [5, 5.41) is 5.86. The molecule has 0 spiro atoms. The third-order valence-corrected chi connectivity index (χ3v) is 3.86. The first kappa shape index (κ1) is 18.2. The van der Waals surface area contributed by atoms with Gasteiger partial charge >= 0.3 is 0 Å². The number of ether oxygens (including phenoxy) is 1. The lowest BCUT2D eigenvalue weighted by Crippen LogP contribution is -2.25. The number of hydrogen-bond acceptors (Lipinski definition) is 3. The third-order valence-electron chi connectivity index (χ3n) is 3.86. The van der Waals surface area contributed by atoms with Crippen LogP contribution >= 0.6 is 12.4 Å². The van der Waals surface area contributed by atoms with Crippen molar-refractivity contribution in [2.45, 2.75) is 19.9 Å². The van der Waals surface area contributed by atoms with Crippen molar-refractivity contribution in [2.75, 3.05) is 18.5 Å². The normalized spacial score (nSPS) is 12.8. The molecule has 1 aliphatic rings. The Bertz CT molecular complexity index is 737. The second kappa shape index (κ2) is 8.13. The van der Waals surface area contributed by atoms with Crippen LogP contribution in [0, 0.1) is 5.82 Å². The molecule has 0 radical (unpaired) electrons. The molecule has 4 nitrogen and oxygen atoms in total. The van der Waals surface area contributed by atoms with Crippen molar-refractivity contribution < 1.29 is 13.9 Å². The molecule has 24 heavy (non-hydrogen) atoms. The van der Waals surface area contributed by atoms with Gasteiger partial charge in [-0.25, -0.2) is 4.39 Å². The number of amides is 1. The SMILES string of the molecule is CCOc1cccc(C(=O)Nc2ccc3c(c2F)CCNC3)c1.Cl. The standard InChI is InChI=1S/C18H19FN2O2.ClH/c1-2-23-14-5-3-4-12(10-14)18(22)21-16-7-6-13-11-20-9-8-15(13)17(16)19;/h3-7,10,20H,2,8-9,11H2,1H3,(H,21,22);1H. The summed E-state index contributed by atoms with van der Waals surface area (Å²) in [6, 6.07) is 10.3. The van der Waals surface area contributed by atoms with E-state index in [1.54, 1.807) is 30.3 Å². The quantitative estimate of drug-likeness (QED) is 0.886. The number of anilines is 1. The minimum absolute atomic E-state index is 0. The third kappa shape index (κ3) is 3.86. The van der Waals surface area contributed by atoms with Gasteiger partial charge in [0.1, 0.15) is 11.6 Å². The predicted molar refractivity (Wildman–Crippen MR) is 94.6 cm³/mol. The largest absolute Gasteiger partial charge is 0.494 e. The van der Waals surface area contributed by atoms with Crippen molar-refractivity contribution >= 4 is 24.0 Å². The van der Waals surface area contributed by atoms with Crippen LogP contribution in [0.5, 0.6) is 5.75 Å². The van der Waals surface area contributed by atoms with Crippen LogP contribution in [0.3, 0.4) is 0 Å². The maximum Gasteiger partial charge on any atom is 0.255 e. The number of halogens is 2. The molecule has 1 heterocycles. The first-order valence-electron chi connectivity index (χ1n) is 7.74. The fourth-order valence-electron chi connectivity index (χ4n) is 2.72. The van der Waals surface area contributed by atoms with E-state index in [0.29, 0.717) is 36.4 Å². The van der Waals surface area contributed by atoms with Gasteiger partial charge in [0.2, 0.25) is 0 Å². The molecule has 1 aliphatic heterocycles. The Morgan fingerprint density at radius 2 is 2.17 bits per heavy atom. The zero-order valence-corrected chi connectivity index (χ0v) is 14.2. The van der Waals surface area contributed by atoms with Gasteiger partial charge in [-0.3, -0.25) is 4.79 Å². The highest BCUT2D eigenvalue weighted by molar-refractivity contribution is 6.04. The Hall–Kier alpha value is -2.11. The average Bonchev–Trinajstić information content (AvgIpc) is 2.58. The van der Waals surface area contributed by atoms with Gasteiger partial charge in [0.15, 0.2) is 0 Å². The number of carbonyl (C=O) groups is 1. The van der Waals surface area contributed by atoms with Gasteiger partial charge in [-0.2, -0.15) is 0 Å². The highest BCUT2D eigenvalue weighted by Crippen LogP contribution is 2.25. The molecule has 1 amide bonds. The summed E-state index contributed by atoms with van der Waals surface area (Å²) in [6.07, 6.45) is 0.630. The van der Waals surface area contributed by atoms with Crippen molar-refractivity contribution in [3.63, 3.8) is 0 Å². The second-order valence-electron chi connectivity index (χ2n) is 5.41. The summed E-state index contributed by atoms with van der Waals surface area (Å²) in [7, 11) is 0. The van der Waals surface area contributed by atoms with Gasteiger partial charge in [-0.15, -0.1) is 12.4 Å². The van der Waals surface area contributed by atoms with E-state index in [1.165, 1.54) is 0 Å². The van der Waals surface area contributed by atoms with Gasteiger partial charge in [-0.05, 0) is 55.3 Å². The van der Waals surface area contributed by atoms with Crippen LogP contribution in [-0.4, -0.2) is 19.1 Å². The summed E-state index contributed by atoms with van der Waals surface area (Å²) in [5.41, 5.74) is 2.29. The van der Waals surface area contributed by atoms with Crippen LogP contribution in [0.25, 0.3) is 0 Å². The molecule has 3 rings (SSSR count). The highest BCUT2D eigenvalue weighted by Gasteiger charge is 2.18. The number of carbonyl (C=O) groups excluding carboxylic acids is 1. The Balaban J connectivity index is 0.00000208. The van der Waals surface area contributed by atoms with E-state index >= 15 is 0 Å². The van der Waals surface area contributed by atoms with Crippen molar-refractivity contribution in [1.29, 1.82) is 0 Å². The lowest BCUT2D eigenvalue weighted by Gasteiger charge is -2.19. The molecule has 0 saturated heterocycles. The van der Waals surface area contributed by atoms with Crippen LogP contribution in [0.1, 0.15) is 28.4 Å². The molecule has 0 aromatic heterocycles. The van der Waals surface area contributed by atoms with Gasteiger partial charge in [0.25, 0.3) is 5.91 Å². The first-order chi connectivity index (χ1) is 11.2. The zero-order valence-electron chi connectivity index (χ0n) is 13.4. The van der Waals surface area contributed by atoms with Crippen molar-refractivity contribution in [3.05, 3.63) is 58.9 Å². The summed E-state index contributed by atoms with van der Waals surface area (Å²) in [6.45, 7) is 3.82. The number of nitrogens with one attached hydrogen (secondary N) is 2. The van der Waals surface area contributed by atoms with Crippen LogP contribution in [0.15, 0.2) is 36.4 Å². The average molecular weight is 351 g/mol. The second-order valence-corrected chi connectivity index (χ2v) is 5.41. The van der Waals surface area contributed by atoms with Crippen molar-refractivity contribution in [1.82, 2.24) is 5.32 Å². The molecule has 0 aliphatic carbocycles. The van der Waals surface area contributed by atoms with Gasteiger partial charge in [-0.1, -0.05) is 12.1 Å². The molecule has 6 heteroatoms. The Morgan fingerprint density at radius 1 is 1.33 bits per heavy atom. The lowest BCUT2D eigenvalue weighted by molar-refractivity contribution is 0.102. The molecule has 128 valence electrons. The molecule has 2 aromatic rings. The summed E-state index contributed by atoms with van der Waals surface area (Å²) in [5.74, 6) is -0.0604. The summed E-state index contributed by atoms with van der Waals surface area (Å²) in [4.78, 5) is 12.3. The topological polar surface area (TPSA) is 50.4 Å². The highest BCUT2D eigenvalue weighted by atomic mass is 35.5. The zero-order chi connectivity index (χ0) is 16.2. The van der Waals surface area contributed by atoms with Gasteiger partial charge in [0, 0.05) is 12.1 Å². The summed E-state index contributed by atoms with van der Waals surface area (Å²) < 4.78 is 19.9. The van der Waals surface area contributed by atoms with Crippen molar-refractivity contribution in [2.24, 2.45) is 0 Å². The number of fused-ring (bicyclic) bond motifs is 1. The van der Waals surface area contributed by atoms with E-state index in [9.17, 15) is 9.18 Å². The van der Waals surface area contributed by atoms with E-state index in [4.69, 9.17) is 4.74 Å². The molecule has 0 saturated carbocycles. The van der Waals surface area contributed by atoms with E-state index in [1.807, 2.05) is 13.0 Å². The number of benzene rings is 2. The monoisotopic (exact) mass is 350 g/mol. The fourth-order valence-corrected chi connectivity index (χ4v) is 2.72. The Labute approximate surface area is 146 Å². The van der Waals surface area contributed by atoms with E-state index in [-0.39, 0.29) is 29.8 Å². The van der Waals surface area contributed by atoms with Crippen LogP contribution in [-0.2, 0) is 13.0 Å². The molecular formula is C18H20ClFN2O2. The van der Waals surface area contributed by atoms with Gasteiger partial charge < -0.3 is 15.4 Å².